The lowest BCUT2D eigenvalue weighted by molar-refractivity contribution is -0.156. The van der Waals surface area contributed by atoms with Gasteiger partial charge >= 0.3 is 5.97 Å². The predicted molar refractivity (Wildman–Crippen MR) is 96.7 cm³/mol. The van der Waals surface area contributed by atoms with Gasteiger partial charge in [-0.05, 0) is 25.3 Å². The first-order valence-electron chi connectivity index (χ1n) is 8.07. The average Bonchev–Trinajstić information content (AvgIpc) is 3.22. The zero-order valence-corrected chi connectivity index (χ0v) is 15.8. The summed E-state index contributed by atoms with van der Waals surface area (Å²) in [5.41, 5.74) is 1.72. The van der Waals surface area contributed by atoms with Gasteiger partial charge in [0.15, 0.2) is 6.61 Å². The number of carbonyl (C=O) groups excluding carboxylic acids is 2. The maximum atomic E-state index is 12.2. The molecule has 0 radical (unpaired) electrons. The van der Waals surface area contributed by atoms with Gasteiger partial charge in [-0.25, -0.2) is 4.98 Å². The molecule has 1 amide bonds. The molecule has 0 spiro atoms. The molecular weight excluding hydrogens is 360 g/mol. The maximum Gasteiger partial charge on any atom is 0.312 e. The molecule has 25 heavy (non-hydrogen) atoms. The summed E-state index contributed by atoms with van der Waals surface area (Å²) in [5.74, 6) is -0.627. The third-order valence-electron chi connectivity index (χ3n) is 3.77. The molecule has 134 valence electrons. The largest absolute Gasteiger partial charge is 0.455 e. The number of aromatic nitrogens is 1. The minimum Gasteiger partial charge on any atom is -0.455 e. The van der Waals surface area contributed by atoms with Crippen molar-refractivity contribution in [3.63, 3.8) is 0 Å². The Morgan fingerprint density at radius 3 is 2.76 bits per heavy atom. The van der Waals surface area contributed by atoms with Gasteiger partial charge in [-0.15, -0.1) is 11.3 Å². The van der Waals surface area contributed by atoms with Crippen LogP contribution in [0, 0.1) is 0 Å². The number of nitrogens with zero attached hydrogens (tertiary/aromatic N) is 2. The Morgan fingerprint density at radius 2 is 2.08 bits per heavy atom. The van der Waals surface area contributed by atoms with Gasteiger partial charge in [0, 0.05) is 29.4 Å². The van der Waals surface area contributed by atoms with Crippen molar-refractivity contribution in [2.45, 2.75) is 32.5 Å². The van der Waals surface area contributed by atoms with Crippen molar-refractivity contribution in [1.29, 1.82) is 0 Å². The van der Waals surface area contributed by atoms with E-state index in [1.54, 1.807) is 16.2 Å². The minimum absolute atomic E-state index is 0.00562. The van der Waals surface area contributed by atoms with Crippen molar-refractivity contribution < 1.29 is 19.1 Å². The first-order valence-corrected chi connectivity index (χ1v) is 9.89. The Morgan fingerprint density at radius 1 is 1.32 bits per heavy atom. The molecule has 1 aliphatic heterocycles. The Balaban J connectivity index is 1.47. The number of rotatable bonds is 5. The highest BCUT2D eigenvalue weighted by Gasteiger charge is 2.26. The summed E-state index contributed by atoms with van der Waals surface area (Å²) in [6.45, 7) is 4.66. The number of hydrogen-bond donors (Lipinski definition) is 0. The highest BCUT2D eigenvalue weighted by atomic mass is 32.1. The van der Waals surface area contributed by atoms with Crippen LogP contribution in [0.5, 0.6) is 0 Å². The molecule has 0 aliphatic carbocycles. The second-order valence-electron chi connectivity index (χ2n) is 6.05. The van der Waals surface area contributed by atoms with E-state index in [1.807, 2.05) is 36.1 Å². The molecule has 0 bridgehead atoms. The molecule has 0 aromatic carbocycles. The van der Waals surface area contributed by atoms with Crippen molar-refractivity contribution in [2.24, 2.45) is 0 Å². The molecule has 3 rings (SSSR count). The molecule has 2 aromatic rings. The van der Waals surface area contributed by atoms with Crippen LogP contribution in [0.15, 0.2) is 22.2 Å². The smallest absolute Gasteiger partial charge is 0.312 e. The highest BCUT2D eigenvalue weighted by molar-refractivity contribution is 7.14. The summed E-state index contributed by atoms with van der Waals surface area (Å²) in [5, 5.41) is 6.74. The molecule has 1 aliphatic rings. The molecule has 0 N–H and O–H groups in total. The van der Waals surface area contributed by atoms with Crippen molar-refractivity contribution in [3.8, 4) is 10.6 Å². The third-order valence-corrected chi connectivity index (χ3v) is 5.40. The lowest BCUT2D eigenvalue weighted by Gasteiger charge is -2.35. The van der Waals surface area contributed by atoms with Gasteiger partial charge < -0.3 is 14.4 Å². The van der Waals surface area contributed by atoms with Crippen molar-refractivity contribution in [2.75, 3.05) is 19.7 Å². The highest BCUT2D eigenvalue weighted by Crippen LogP contribution is 2.25. The number of carbonyl (C=O) groups is 2. The van der Waals surface area contributed by atoms with Crippen molar-refractivity contribution in [3.05, 3.63) is 27.9 Å². The number of ether oxygens (including phenoxy) is 2. The molecule has 0 unspecified atom stereocenters. The lowest BCUT2D eigenvalue weighted by atomic mass is 10.2. The second kappa shape index (κ2) is 8.07. The van der Waals surface area contributed by atoms with Gasteiger partial charge in [-0.2, -0.15) is 11.3 Å². The summed E-state index contributed by atoms with van der Waals surface area (Å²) >= 11 is 3.10. The zero-order valence-electron chi connectivity index (χ0n) is 14.1. The van der Waals surface area contributed by atoms with E-state index in [1.165, 1.54) is 11.3 Å². The van der Waals surface area contributed by atoms with E-state index >= 15 is 0 Å². The summed E-state index contributed by atoms with van der Waals surface area (Å²) in [6, 6.07) is 1.99. The van der Waals surface area contributed by atoms with Crippen LogP contribution in [0.4, 0.5) is 0 Å². The average molecular weight is 380 g/mol. The molecule has 8 heteroatoms. The summed E-state index contributed by atoms with van der Waals surface area (Å²) in [7, 11) is 0. The molecule has 2 atom stereocenters. The van der Waals surface area contributed by atoms with Gasteiger partial charge in [0.2, 0.25) is 0 Å². The monoisotopic (exact) mass is 380 g/mol. The van der Waals surface area contributed by atoms with E-state index in [0.717, 1.165) is 10.6 Å². The predicted octanol–water partition coefficient (Wildman–Crippen LogP) is 2.59. The SMILES string of the molecule is C[C@@H]1CN(C(=O)COC(=O)Cc2csc(-c3ccsc3)n2)C[C@H](C)O1. The molecule has 2 aromatic heterocycles. The summed E-state index contributed by atoms with van der Waals surface area (Å²) in [6.07, 6.45) is 0.0620. The number of hydrogen-bond acceptors (Lipinski definition) is 7. The van der Waals surface area contributed by atoms with Crippen LogP contribution in [-0.2, 0) is 25.5 Å². The fourth-order valence-corrected chi connectivity index (χ4v) is 4.25. The second-order valence-corrected chi connectivity index (χ2v) is 7.69. The van der Waals surface area contributed by atoms with E-state index in [-0.39, 0.29) is 31.1 Å². The van der Waals surface area contributed by atoms with Crippen LogP contribution in [-0.4, -0.2) is 53.7 Å². The van der Waals surface area contributed by atoms with Crippen LogP contribution in [0.2, 0.25) is 0 Å². The number of thiophene rings is 1. The summed E-state index contributed by atoms with van der Waals surface area (Å²) in [4.78, 5) is 30.3. The van der Waals surface area contributed by atoms with E-state index in [9.17, 15) is 9.59 Å². The fourth-order valence-electron chi connectivity index (χ4n) is 2.72. The first kappa shape index (κ1) is 18.0. The fraction of sp³-hybridized carbons (Fsp3) is 0.471. The molecule has 1 fully saturated rings. The van der Waals surface area contributed by atoms with Crippen LogP contribution in [0.3, 0.4) is 0 Å². The van der Waals surface area contributed by atoms with E-state index in [2.05, 4.69) is 4.98 Å². The van der Waals surface area contributed by atoms with Crippen LogP contribution < -0.4 is 0 Å². The zero-order chi connectivity index (χ0) is 17.8. The van der Waals surface area contributed by atoms with Crippen LogP contribution in [0.1, 0.15) is 19.5 Å². The Bertz CT molecular complexity index is 719. The molecular formula is C17H20N2O4S2. The topological polar surface area (TPSA) is 68.7 Å². The molecule has 6 nitrogen and oxygen atoms in total. The van der Waals surface area contributed by atoms with Gasteiger partial charge in [0.25, 0.3) is 5.91 Å². The Hall–Kier alpha value is -1.77. The Labute approximate surface area is 154 Å². The lowest BCUT2D eigenvalue weighted by Crippen LogP contribution is -2.49. The first-order chi connectivity index (χ1) is 12.0. The van der Waals surface area contributed by atoms with Crippen molar-refractivity contribution in [1.82, 2.24) is 9.88 Å². The number of morpholine rings is 1. The van der Waals surface area contributed by atoms with Crippen LogP contribution in [0.25, 0.3) is 10.6 Å². The number of amides is 1. The standard InChI is InChI=1S/C17H20N2O4S2/c1-11-6-19(7-12(2)23-11)15(20)8-22-16(21)5-14-10-25-17(18-14)13-3-4-24-9-13/h3-4,9-12H,5-8H2,1-2H3/t11-,12+. The normalized spacial score (nSPS) is 20.5. The van der Waals surface area contributed by atoms with E-state index in [4.69, 9.17) is 9.47 Å². The maximum absolute atomic E-state index is 12.2. The van der Waals surface area contributed by atoms with Gasteiger partial charge in [0.05, 0.1) is 24.3 Å². The molecule has 3 heterocycles. The minimum atomic E-state index is -0.440. The van der Waals surface area contributed by atoms with Gasteiger partial charge in [-0.1, -0.05) is 0 Å². The number of esters is 1. The molecule has 1 saturated heterocycles. The van der Waals surface area contributed by atoms with E-state index < -0.39 is 5.97 Å². The van der Waals surface area contributed by atoms with Gasteiger partial charge in [0.1, 0.15) is 5.01 Å². The molecule has 0 saturated carbocycles. The van der Waals surface area contributed by atoms with Gasteiger partial charge in [-0.3, -0.25) is 9.59 Å². The van der Waals surface area contributed by atoms with Crippen LogP contribution >= 0.6 is 22.7 Å². The third kappa shape index (κ3) is 4.87. The summed E-state index contributed by atoms with van der Waals surface area (Å²) < 4.78 is 10.7. The Kier molecular flexibility index (Phi) is 5.82. The van der Waals surface area contributed by atoms with Crippen molar-refractivity contribution >= 4 is 34.6 Å². The quantitative estimate of drug-likeness (QED) is 0.746. The van der Waals surface area contributed by atoms with E-state index in [0.29, 0.717) is 18.8 Å². The number of thiazole rings is 1.